The third kappa shape index (κ3) is 4.63. The van der Waals surface area contributed by atoms with E-state index in [0.717, 1.165) is 31.2 Å². The summed E-state index contributed by atoms with van der Waals surface area (Å²) in [5.74, 6) is -0.700. The Morgan fingerprint density at radius 1 is 0.889 bits per heavy atom. The largest absolute Gasteiger partial charge is 0.481 e. The molecule has 1 aromatic rings. The van der Waals surface area contributed by atoms with Crippen molar-refractivity contribution >= 4 is 18.0 Å². The Balaban J connectivity index is 1.32. The molecule has 4 fully saturated rings. The molecule has 0 aromatic heterocycles. The summed E-state index contributed by atoms with van der Waals surface area (Å²) in [6.07, 6.45) is 9.42. The summed E-state index contributed by atoms with van der Waals surface area (Å²) < 4.78 is 6.08. The lowest BCUT2D eigenvalue weighted by molar-refractivity contribution is -0.233. The lowest BCUT2D eigenvalue weighted by atomic mass is 9.33. The number of fused-ring (bicyclic) bond motifs is 7. The summed E-state index contributed by atoms with van der Waals surface area (Å²) in [5.41, 5.74) is 0.110. The number of aliphatic hydroxyl groups excluding tert-OH is 2. The maximum absolute atomic E-state index is 13.3. The Morgan fingerprint density at radius 3 is 2.24 bits per heavy atom. The number of hydrogen-bond acceptors (Lipinski definition) is 5. The van der Waals surface area contributed by atoms with E-state index in [1.54, 1.807) is 6.08 Å². The molecule has 6 nitrogen and oxygen atoms in total. The minimum absolute atomic E-state index is 0.0548. The van der Waals surface area contributed by atoms with Gasteiger partial charge < -0.3 is 20.1 Å². The van der Waals surface area contributed by atoms with Crippen LogP contribution in [-0.4, -0.2) is 45.6 Å². The van der Waals surface area contributed by atoms with Gasteiger partial charge in [0.1, 0.15) is 6.10 Å². The molecule has 0 radical (unpaired) electrons. The molecule has 0 saturated heterocycles. The monoisotopic (exact) mass is 618 g/mol. The molecule has 5 aliphatic carbocycles. The highest BCUT2D eigenvalue weighted by Crippen LogP contribution is 2.75. The van der Waals surface area contributed by atoms with Crippen molar-refractivity contribution in [2.45, 2.75) is 118 Å². The van der Waals surface area contributed by atoms with Crippen LogP contribution in [0.25, 0.3) is 6.08 Å². The standard InChI is InChI=1S/C39H54O6/c1-34(2)21-26-25-14-15-29-36(5)22-27(40)32(42)35(3,4)28(36)17-18-38(29,7)37(25,6)19-20-39(26,33(43)44)23-30(34)45-31(41)16-13-24-11-9-8-10-12-24/h8-14,16,26-30,32,40,42H,15,17-23H2,1-7H3,(H,43,44)/b16-13+/t26-,27+,28-,29+,30+,32-,36-,37+,38+,39+/m0/s1. The van der Waals surface area contributed by atoms with Crippen LogP contribution in [0, 0.1) is 50.2 Å². The molecule has 0 heterocycles. The van der Waals surface area contributed by atoms with Gasteiger partial charge in [-0.1, -0.05) is 90.4 Å². The first-order valence-electron chi connectivity index (χ1n) is 17.2. The third-order valence-electron chi connectivity index (χ3n) is 14.6. The highest BCUT2D eigenvalue weighted by Gasteiger charge is 2.70. The molecule has 0 amide bonds. The van der Waals surface area contributed by atoms with E-state index < -0.39 is 41.1 Å². The number of carboxylic acid groups (broad SMARTS) is 1. The van der Waals surface area contributed by atoms with Gasteiger partial charge in [0.25, 0.3) is 0 Å². The molecule has 6 heteroatoms. The quantitative estimate of drug-likeness (QED) is 0.184. The van der Waals surface area contributed by atoms with Gasteiger partial charge in [-0.15, -0.1) is 0 Å². The van der Waals surface area contributed by atoms with Crippen LogP contribution in [0.5, 0.6) is 0 Å². The van der Waals surface area contributed by atoms with Crippen LogP contribution in [0.2, 0.25) is 0 Å². The summed E-state index contributed by atoms with van der Waals surface area (Å²) in [5, 5.41) is 33.1. The van der Waals surface area contributed by atoms with E-state index in [9.17, 15) is 24.9 Å². The first-order valence-corrected chi connectivity index (χ1v) is 17.2. The Bertz CT molecular complexity index is 1410. The molecule has 0 aliphatic heterocycles. The van der Waals surface area contributed by atoms with E-state index in [4.69, 9.17) is 4.74 Å². The summed E-state index contributed by atoms with van der Waals surface area (Å²) in [4.78, 5) is 26.4. The van der Waals surface area contributed by atoms with Crippen molar-refractivity contribution in [1.82, 2.24) is 0 Å². The smallest absolute Gasteiger partial charge is 0.331 e. The van der Waals surface area contributed by atoms with E-state index in [-0.39, 0.29) is 27.6 Å². The molecule has 1 aromatic carbocycles. The van der Waals surface area contributed by atoms with Crippen molar-refractivity contribution < 1.29 is 29.6 Å². The van der Waals surface area contributed by atoms with Crippen molar-refractivity contribution in [2.75, 3.05) is 0 Å². The van der Waals surface area contributed by atoms with Gasteiger partial charge in [0.15, 0.2) is 0 Å². The fraction of sp³-hybridized carbons (Fsp3) is 0.692. The number of rotatable bonds is 4. The van der Waals surface area contributed by atoms with Crippen LogP contribution in [0.3, 0.4) is 0 Å². The average molecular weight is 619 g/mol. The summed E-state index contributed by atoms with van der Waals surface area (Å²) >= 11 is 0. The van der Waals surface area contributed by atoms with Crippen LogP contribution in [0.4, 0.5) is 0 Å². The highest BCUT2D eigenvalue weighted by molar-refractivity contribution is 5.87. The van der Waals surface area contributed by atoms with Gasteiger partial charge in [0, 0.05) is 17.9 Å². The van der Waals surface area contributed by atoms with Gasteiger partial charge in [0.05, 0.1) is 17.6 Å². The summed E-state index contributed by atoms with van der Waals surface area (Å²) in [6, 6.07) is 9.61. The summed E-state index contributed by atoms with van der Waals surface area (Å²) in [7, 11) is 0. The van der Waals surface area contributed by atoms with Crippen LogP contribution < -0.4 is 0 Å². The second-order valence-electron chi connectivity index (χ2n) is 17.4. The van der Waals surface area contributed by atoms with Gasteiger partial charge >= 0.3 is 11.9 Å². The molecule has 0 spiro atoms. The first kappa shape index (κ1) is 32.5. The number of benzene rings is 1. The lowest BCUT2D eigenvalue weighted by Gasteiger charge is -2.71. The molecule has 5 aliphatic rings. The second kappa shape index (κ2) is 10.5. The lowest BCUT2D eigenvalue weighted by Crippen LogP contribution is -2.67. The Labute approximate surface area is 269 Å². The first-order chi connectivity index (χ1) is 20.9. The molecule has 10 atom stereocenters. The number of ether oxygens (including phenoxy) is 1. The van der Waals surface area contributed by atoms with Gasteiger partial charge in [-0.25, -0.2) is 4.79 Å². The van der Waals surface area contributed by atoms with Crippen molar-refractivity contribution in [2.24, 2.45) is 50.2 Å². The third-order valence-corrected chi connectivity index (χ3v) is 14.6. The average Bonchev–Trinajstić information content (AvgIpc) is 2.96. The molecule has 0 bridgehead atoms. The van der Waals surface area contributed by atoms with Gasteiger partial charge in [-0.3, -0.25) is 4.79 Å². The number of carboxylic acids is 1. The van der Waals surface area contributed by atoms with Crippen molar-refractivity contribution in [3.8, 4) is 0 Å². The van der Waals surface area contributed by atoms with Crippen LogP contribution in [0.15, 0.2) is 48.1 Å². The number of hydrogen-bond donors (Lipinski definition) is 3. The van der Waals surface area contributed by atoms with E-state index in [2.05, 4.69) is 54.5 Å². The van der Waals surface area contributed by atoms with E-state index >= 15 is 0 Å². The van der Waals surface area contributed by atoms with E-state index in [1.165, 1.54) is 11.6 Å². The Morgan fingerprint density at radius 2 is 1.58 bits per heavy atom. The van der Waals surface area contributed by atoms with Crippen molar-refractivity contribution in [3.05, 3.63) is 53.6 Å². The molecule has 6 rings (SSSR count). The van der Waals surface area contributed by atoms with Crippen LogP contribution in [-0.2, 0) is 14.3 Å². The molecule has 246 valence electrons. The fourth-order valence-corrected chi connectivity index (χ4v) is 11.8. The molecule has 45 heavy (non-hydrogen) atoms. The maximum Gasteiger partial charge on any atom is 0.331 e. The maximum atomic E-state index is 13.3. The molecule has 4 saturated carbocycles. The van der Waals surface area contributed by atoms with Gasteiger partial charge in [-0.2, -0.15) is 0 Å². The van der Waals surface area contributed by atoms with Crippen molar-refractivity contribution in [1.29, 1.82) is 0 Å². The summed E-state index contributed by atoms with van der Waals surface area (Å²) in [6.45, 7) is 15.7. The second-order valence-corrected chi connectivity index (χ2v) is 17.4. The normalized spacial score (nSPS) is 44.9. The zero-order chi connectivity index (χ0) is 32.8. The van der Waals surface area contributed by atoms with Crippen LogP contribution in [0.1, 0.15) is 105 Å². The minimum atomic E-state index is -0.980. The number of allylic oxidation sites excluding steroid dienone is 2. The SMILES string of the molecule is CC1(C)C[C@H]2C3=CC[C@@H]4[C@@]5(C)C[C@@H](O)[C@H](O)C(C)(C)[C@@H]5CC[C@@]4(C)[C@]3(C)CC[C@@]2(C(=O)O)C[C@H]1OC(=O)/C=C/c1ccccc1. The number of esters is 1. The highest BCUT2D eigenvalue weighted by atomic mass is 16.5. The Hall–Kier alpha value is -2.44. The van der Waals surface area contributed by atoms with Gasteiger partial charge in [0.2, 0.25) is 0 Å². The number of aliphatic hydroxyl groups is 2. The molecular formula is C39H54O6. The number of carbonyl (C=O) groups excluding carboxylic acids is 1. The van der Waals surface area contributed by atoms with Gasteiger partial charge in [-0.05, 0) is 96.0 Å². The number of aliphatic carboxylic acids is 1. The minimum Gasteiger partial charge on any atom is -0.481 e. The zero-order valence-corrected chi connectivity index (χ0v) is 28.3. The van der Waals surface area contributed by atoms with Crippen molar-refractivity contribution in [3.63, 3.8) is 0 Å². The zero-order valence-electron chi connectivity index (χ0n) is 28.3. The topological polar surface area (TPSA) is 104 Å². The Kier molecular flexibility index (Phi) is 7.61. The van der Waals surface area contributed by atoms with E-state index in [0.29, 0.717) is 37.5 Å². The molecular weight excluding hydrogens is 564 g/mol. The fourth-order valence-electron chi connectivity index (χ4n) is 11.8. The predicted octanol–water partition coefficient (Wildman–Crippen LogP) is 7.44. The predicted molar refractivity (Wildman–Crippen MR) is 175 cm³/mol. The van der Waals surface area contributed by atoms with Crippen LogP contribution >= 0.6 is 0 Å². The molecule has 3 N–H and O–H groups in total. The van der Waals surface area contributed by atoms with E-state index in [1.807, 2.05) is 30.3 Å². The number of carbonyl (C=O) groups is 2. The molecule has 0 unspecified atom stereocenters.